The first kappa shape index (κ1) is 18.2. The number of anilines is 3. The van der Waals surface area contributed by atoms with E-state index in [1.54, 1.807) is 6.20 Å². The van der Waals surface area contributed by atoms with E-state index in [0.717, 1.165) is 41.0 Å². The first-order chi connectivity index (χ1) is 13.2. The lowest BCUT2D eigenvalue weighted by Gasteiger charge is -2.29. The molecule has 2 amide bonds. The maximum atomic E-state index is 12.6. The molecule has 2 aliphatic rings. The second-order valence-corrected chi connectivity index (χ2v) is 8.79. The van der Waals surface area contributed by atoms with Gasteiger partial charge in [0.05, 0.1) is 16.6 Å². The smallest absolute Gasteiger partial charge is 0.238 e. The zero-order valence-corrected chi connectivity index (χ0v) is 16.3. The summed E-state index contributed by atoms with van der Waals surface area (Å²) in [5, 5.41) is 5.40. The first-order valence-electron chi connectivity index (χ1n) is 8.85. The van der Waals surface area contributed by atoms with Crippen LogP contribution in [0.5, 0.6) is 0 Å². The van der Waals surface area contributed by atoms with Gasteiger partial charge in [-0.05, 0) is 24.3 Å². The fourth-order valence-corrected chi connectivity index (χ4v) is 5.13. The van der Waals surface area contributed by atoms with Crippen LogP contribution >= 0.6 is 23.5 Å². The van der Waals surface area contributed by atoms with Crippen LogP contribution in [-0.4, -0.2) is 46.6 Å². The van der Waals surface area contributed by atoms with Gasteiger partial charge in [-0.3, -0.25) is 9.59 Å². The summed E-state index contributed by atoms with van der Waals surface area (Å²) in [6.45, 7) is 1.84. The average molecular weight is 401 g/mol. The molecule has 6 nitrogen and oxygen atoms in total. The summed E-state index contributed by atoms with van der Waals surface area (Å²) in [4.78, 5) is 32.6. The topological polar surface area (TPSA) is 74.3 Å². The van der Waals surface area contributed by atoms with E-state index in [0.29, 0.717) is 5.69 Å². The molecule has 0 bridgehead atoms. The Morgan fingerprint density at radius 3 is 2.89 bits per heavy atom. The van der Waals surface area contributed by atoms with Gasteiger partial charge in [0.15, 0.2) is 5.82 Å². The van der Waals surface area contributed by atoms with E-state index >= 15 is 0 Å². The summed E-state index contributed by atoms with van der Waals surface area (Å²) in [6, 6.07) is 11.3. The van der Waals surface area contributed by atoms with Crippen molar-refractivity contribution in [3.63, 3.8) is 0 Å². The number of nitrogens with zero attached hydrogens (tertiary/aromatic N) is 2. The minimum Gasteiger partial charge on any atom is -0.353 e. The van der Waals surface area contributed by atoms with Crippen LogP contribution in [0.15, 0.2) is 47.5 Å². The minimum atomic E-state index is -0.439. The largest absolute Gasteiger partial charge is 0.353 e. The molecule has 1 aromatic heterocycles. The fraction of sp³-hybridized carbons (Fsp3) is 0.316. The van der Waals surface area contributed by atoms with E-state index in [-0.39, 0.29) is 18.2 Å². The van der Waals surface area contributed by atoms with Gasteiger partial charge in [-0.15, -0.1) is 11.8 Å². The molecule has 0 radical (unpaired) electrons. The highest BCUT2D eigenvalue weighted by Gasteiger charge is 2.29. The highest BCUT2D eigenvalue weighted by molar-refractivity contribution is 8.01. The highest BCUT2D eigenvalue weighted by Crippen LogP contribution is 2.36. The number of aromatic nitrogens is 1. The van der Waals surface area contributed by atoms with Crippen molar-refractivity contribution in [2.45, 2.75) is 16.6 Å². The van der Waals surface area contributed by atoms with Crippen LogP contribution in [0.3, 0.4) is 0 Å². The molecule has 3 heterocycles. The van der Waals surface area contributed by atoms with E-state index in [1.165, 1.54) is 11.8 Å². The Hall–Kier alpha value is -2.19. The van der Waals surface area contributed by atoms with Crippen LogP contribution in [0.25, 0.3) is 0 Å². The van der Waals surface area contributed by atoms with E-state index in [4.69, 9.17) is 0 Å². The standard InChI is InChI=1S/C19H20N4O2S2/c24-17(12-16-19(25)22-13-4-1-2-6-15(13)27-16)21-14-5-3-7-20-18(14)23-8-10-26-11-9-23/h1-7,16H,8-12H2,(H,21,24)(H,22,25)/t16-/m1/s1. The third-order valence-electron chi connectivity index (χ3n) is 4.45. The number of amides is 2. The number of pyridine rings is 1. The predicted octanol–water partition coefficient (Wildman–Crippen LogP) is 3.08. The highest BCUT2D eigenvalue weighted by atomic mass is 32.2. The van der Waals surface area contributed by atoms with Gasteiger partial charge in [0, 0.05) is 42.1 Å². The third-order valence-corrected chi connectivity index (χ3v) is 6.67. The average Bonchev–Trinajstić information content (AvgIpc) is 2.69. The van der Waals surface area contributed by atoms with Crippen molar-refractivity contribution >= 4 is 52.5 Å². The van der Waals surface area contributed by atoms with Crippen LogP contribution < -0.4 is 15.5 Å². The normalized spacial score (nSPS) is 19.2. The molecule has 1 fully saturated rings. The van der Waals surface area contributed by atoms with Gasteiger partial charge < -0.3 is 15.5 Å². The lowest BCUT2D eigenvalue weighted by Crippen LogP contribution is -2.35. The molecule has 2 aliphatic heterocycles. The quantitative estimate of drug-likeness (QED) is 0.822. The van der Waals surface area contributed by atoms with E-state index in [9.17, 15) is 9.59 Å². The van der Waals surface area contributed by atoms with Gasteiger partial charge in [-0.2, -0.15) is 11.8 Å². The van der Waals surface area contributed by atoms with Crippen molar-refractivity contribution in [3.05, 3.63) is 42.6 Å². The summed E-state index contributed by atoms with van der Waals surface area (Å²) in [5.41, 5.74) is 1.51. The fourth-order valence-electron chi connectivity index (χ4n) is 3.12. The van der Waals surface area contributed by atoms with Crippen LogP contribution in [0.1, 0.15) is 6.42 Å². The minimum absolute atomic E-state index is 0.120. The van der Waals surface area contributed by atoms with Crippen molar-refractivity contribution in [1.82, 2.24) is 4.98 Å². The molecule has 0 saturated carbocycles. The Bertz CT molecular complexity index is 855. The molecule has 4 rings (SSSR count). The lowest BCUT2D eigenvalue weighted by molar-refractivity contribution is -0.120. The number of para-hydroxylation sites is 1. The summed E-state index contributed by atoms with van der Waals surface area (Å²) >= 11 is 3.36. The monoisotopic (exact) mass is 400 g/mol. The van der Waals surface area contributed by atoms with Gasteiger partial charge >= 0.3 is 0 Å². The van der Waals surface area contributed by atoms with Crippen LogP contribution in [-0.2, 0) is 9.59 Å². The van der Waals surface area contributed by atoms with E-state index in [1.807, 2.05) is 48.2 Å². The first-order valence-corrected chi connectivity index (χ1v) is 10.9. The van der Waals surface area contributed by atoms with Crippen molar-refractivity contribution in [2.75, 3.05) is 40.1 Å². The van der Waals surface area contributed by atoms with Gasteiger partial charge in [0.2, 0.25) is 11.8 Å². The molecule has 2 N–H and O–H groups in total. The maximum absolute atomic E-state index is 12.6. The molecule has 0 aliphatic carbocycles. The van der Waals surface area contributed by atoms with Crippen LogP contribution in [0, 0.1) is 0 Å². The Balaban J connectivity index is 1.44. The van der Waals surface area contributed by atoms with Crippen LogP contribution in [0.4, 0.5) is 17.2 Å². The van der Waals surface area contributed by atoms with E-state index < -0.39 is 5.25 Å². The van der Waals surface area contributed by atoms with E-state index in [2.05, 4.69) is 20.5 Å². The molecule has 8 heteroatoms. The Labute approximate surface area is 166 Å². The second-order valence-electron chi connectivity index (χ2n) is 6.32. The van der Waals surface area contributed by atoms with Crippen molar-refractivity contribution < 1.29 is 9.59 Å². The Kier molecular flexibility index (Phi) is 5.54. The van der Waals surface area contributed by atoms with Crippen molar-refractivity contribution in [3.8, 4) is 0 Å². The van der Waals surface area contributed by atoms with Gasteiger partial charge in [-0.25, -0.2) is 4.98 Å². The number of nitrogens with one attached hydrogen (secondary N) is 2. The number of benzene rings is 1. The number of fused-ring (bicyclic) bond motifs is 1. The number of hydrogen-bond acceptors (Lipinski definition) is 6. The molecule has 1 saturated heterocycles. The third kappa shape index (κ3) is 4.22. The molecule has 140 valence electrons. The molecule has 1 atom stereocenters. The van der Waals surface area contributed by atoms with Gasteiger partial charge in [0.25, 0.3) is 0 Å². The zero-order chi connectivity index (χ0) is 18.6. The molecular weight excluding hydrogens is 380 g/mol. The van der Waals surface area contributed by atoms with Gasteiger partial charge in [0.1, 0.15) is 0 Å². The molecular formula is C19H20N4O2S2. The molecule has 0 unspecified atom stereocenters. The summed E-state index contributed by atoms with van der Waals surface area (Å²) in [6.07, 6.45) is 1.86. The van der Waals surface area contributed by atoms with Gasteiger partial charge in [-0.1, -0.05) is 12.1 Å². The summed E-state index contributed by atoms with van der Waals surface area (Å²) < 4.78 is 0. The second kappa shape index (κ2) is 8.22. The number of carbonyl (C=O) groups is 2. The van der Waals surface area contributed by atoms with Crippen molar-refractivity contribution in [1.29, 1.82) is 0 Å². The molecule has 2 aromatic rings. The maximum Gasteiger partial charge on any atom is 0.238 e. The molecule has 27 heavy (non-hydrogen) atoms. The SMILES string of the molecule is O=C(C[C@H]1Sc2ccccc2NC1=O)Nc1cccnc1N1CCSCC1. The van der Waals surface area contributed by atoms with Crippen LogP contribution in [0.2, 0.25) is 0 Å². The molecule has 0 spiro atoms. The lowest BCUT2D eigenvalue weighted by atomic mass is 10.2. The number of carbonyl (C=O) groups excluding carboxylic acids is 2. The zero-order valence-electron chi connectivity index (χ0n) is 14.7. The number of rotatable bonds is 4. The summed E-state index contributed by atoms with van der Waals surface area (Å²) in [7, 11) is 0. The Morgan fingerprint density at radius 1 is 1.22 bits per heavy atom. The Morgan fingerprint density at radius 2 is 2.04 bits per heavy atom. The van der Waals surface area contributed by atoms with Crippen molar-refractivity contribution in [2.24, 2.45) is 0 Å². The predicted molar refractivity (Wildman–Crippen MR) is 112 cm³/mol. The number of thioether (sulfide) groups is 2. The molecule has 1 aromatic carbocycles. The number of hydrogen-bond donors (Lipinski definition) is 2. The summed E-state index contributed by atoms with van der Waals surface area (Å²) in [5.74, 6) is 2.61.